The molecule has 0 fully saturated rings. The van der Waals surface area contributed by atoms with Crippen molar-refractivity contribution in [3.05, 3.63) is 29.3 Å². The number of methoxy groups -OCH3 is 1. The number of hydrogen-bond acceptors (Lipinski definition) is 4. The molecule has 1 rings (SSSR count). The summed E-state index contributed by atoms with van der Waals surface area (Å²) in [5.41, 5.74) is 2.40. The molecule has 0 aromatic heterocycles. The minimum Gasteiger partial charge on any atom is -0.467 e. The van der Waals surface area contributed by atoms with Gasteiger partial charge in [-0.3, -0.25) is 9.69 Å². The van der Waals surface area contributed by atoms with E-state index in [1.54, 1.807) is 6.92 Å². The largest absolute Gasteiger partial charge is 0.467 e. The molecule has 0 aliphatic carbocycles. The van der Waals surface area contributed by atoms with Crippen molar-refractivity contribution in [2.24, 2.45) is 0 Å². The van der Waals surface area contributed by atoms with Gasteiger partial charge in [-0.2, -0.15) is 0 Å². The summed E-state index contributed by atoms with van der Waals surface area (Å²) in [7, 11) is 1.29. The Kier molecular flexibility index (Phi) is 5.70. The third-order valence-electron chi connectivity index (χ3n) is 3.26. The predicted molar refractivity (Wildman–Crippen MR) is 76.6 cm³/mol. The lowest BCUT2D eigenvalue weighted by Crippen LogP contribution is -2.47. The average molecular weight is 279 g/mol. The van der Waals surface area contributed by atoms with Crippen molar-refractivity contribution >= 4 is 17.6 Å². The van der Waals surface area contributed by atoms with Gasteiger partial charge in [0.25, 0.3) is 5.91 Å². The van der Waals surface area contributed by atoms with E-state index in [0.29, 0.717) is 12.1 Å². The SMILES string of the molecule is CCC(C(=O)OC)N(C(=O)CO)c1c(C)cccc1C. The van der Waals surface area contributed by atoms with Crippen molar-refractivity contribution in [2.75, 3.05) is 18.6 Å². The highest BCUT2D eigenvalue weighted by Crippen LogP contribution is 2.28. The number of carbonyl (C=O) groups is 2. The number of hydrogen-bond donors (Lipinski definition) is 1. The number of aliphatic hydroxyl groups excluding tert-OH is 1. The number of esters is 1. The van der Waals surface area contributed by atoms with Crippen LogP contribution in [-0.2, 0) is 14.3 Å². The number of benzene rings is 1. The van der Waals surface area contributed by atoms with Gasteiger partial charge in [0.05, 0.1) is 12.8 Å². The maximum atomic E-state index is 12.1. The van der Waals surface area contributed by atoms with Gasteiger partial charge in [0, 0.05) is 0 Å². The lowest BCUT2D eigenvalue weighted by atomic mass is 10.0. The molecular weight excluding hydrogens is 258 g/mol. The fraction of sp³-hybridized carbons (Fsp3) is 0.467. The van der Waals surface area contributed by atoms with Gasteiger partial charge in [0.2, 0.25) is 0 Å². The molecule has 0 saturated heterocycles. The van der Waals surface area contributed by atoms with Crippen LogP contribution in [0.4, 0.5) is 5.69 Å². The Morgan fingerprint density at radius 3 is 2.25 bits per heavy atom. The molecule has 0 saturated carbocycles. The molecule has 0 aliphatic rings. The number of rotatable bonds is 5. The number of para-hydroxylation sites is 1. The molecule has 1 aromatic rings. The number of aryl methyl sites for hydroxylation is 2. The van der Waals surface area contributed by atoms with Crippen LogP contribution in [0.15, 0.2) is 18.2 Å². The van der Waals surface area contributed by atoms with Crippen molar-refractivity contribution < 1.29 is 19.4 Å². The number of ether oxygens (including phenoxy) is 1. The second kappa shape index (κ2) is 7.05. The third kappa shape index (κ3) is 3.17. The summed E-state index contributed by atoms with van der Waals surface area (Å²) in [5, 5.41) is 9.20. The Bertz CT molecular complexity index is 478. The first kappa shape index (κ1) is 16.2. The zero-order chi connectivity index (χ0) is 15.3. The minimum atomic E-state index is -0.737. The van der Waals surface area contributed by atoms with Crippen molar-refractivity contribution in [1.29, 1.82) is 0 Å². The third-order valence-corrected chi connectivity index (χ3v) is 3.26. The van der Waals surface area contributed by atoms with E-state index >= 15 is 0 Å². The van der Waals surface area contributed by atoms with Crippen LogP contribution in [0.5, 0.6) is 0 Å². The maximum Gasteiger partial charge on any atom is 0.328 e. The summed E-state index contributed by atoms with van der Waals surface area (Å²) in [4.78, 5) is 25.4. The molecule has 1 N–H and O–H groups in total. The minimum absolute atomic E-state index is 0.409. The normalized spacial score (nSPS) is 11.8. The standard InChI is InChI=1S/C15H21NO4/c1-5-12(15(19)20-4)16(13(18)9-17)14-10(2)7-6-8-11(14)3/h6-8,12,17H,5,9H2,1-4H3. The van der Waals surface area contributed by atoms with Crippen LogP contribution in [0.1, 0.15) is 24.5 Å². The molecule has 0 heterocycles. The molecular formula is C15H21NO4. The quantitative estimate of drug-likeness (QED) is 0.831. The molecule has 1 atom stereocenters. The monoisotopic (exact) mass is 279 g/mol. The highest BCUT2D eigenvalue weighted by molar-refractivity contribution is 6.01. The first-order chi connectivity index (χ1) is 9.47. The number of nitrogens with zero attached hydrogens (tertiary/aromatic N) is 1. The van der Waals surface area contributed by atoms with Gasteiger partial charge in [-0.05, 0) is 31.4 Å². The smallest absolute Gasteiger partial charge is 0.328 e. The van der Waals surface area contributed by atoms with E-state index in [2.05, 4.69) is 0 Å². The van der Waals surface area contributed by atoms with Crippen LogP contribution < -0.4 is 4.90 Å². The Labute approximate surface area is 119 Å². The van der Waals surface area contributed by atoms with Gasteiger partial charge >= 0.3 is 5.97 Å². The molecule has 5 nitrogen and oxygen atoms in total. The Morgan fingerprint density at radius 2 is 1.85 bits per heavy atom. The molecule has 1 aromatic carbocycles. The summed E-state index contributed by atoms with van der Waals surface area (Å²) in [6, 6.07) is 4.88. The van der Waals surface area contributed by atoms with Crippen LogP contribution in [0.3, 0.4) is 0 Å². The fourth-order valence-corrected chi connectivity index (χ4v) is 2.31. The number of amides is 1. The van der Waals surface area contributed by atoms with Crippen molar-refractivity contribution in [2.45, 2.75) is 33.2 Å². The Balaban J connectivity index is 3.39. The molecule has 0 radical (unpaired) electrons. The topological polar surface area (TPSA) is 66.8 Å². The Hall–Kier alpha value is -1.88. The van der Waals surface area contributed by atoms with Crippen LogP contribution in [0, 0.1) is 13.8 Å². The van der Waals surface area contributed by atoms with E-state index in [-0.39, 0.29) is 0 Å². The van der Waals surface area contributed by atoms with Gasteiger partial charge in [-0.1, -0.05) is 25.1 Å². The maximum absolute atomic E-state index is 12.1. The van der Waals surface area contributed by atoms with Gasteiger partial charge in [-0.25, -0.2) is 4.79 Å². The first-order valence-electron chi connectivity index (χ1n) is 6.54. The van der Waals surface area contributed by atoms with Gasteiger partial charge in [0.1, 0.15) is 12.6 Å². The second-order valence-electron chi connectivity index (χ2n) is 4.61. The van der Waals surface area contributed by atoms with E-state index < -0.39 is 24.5 Å². The molecule has 20 heavy (non-hydrogen) atoms. The molecule has 1 amide bonds. The van der Waals surface area contributed by atoms with E-state index in [1.165, 1.54) is 12.0 Å². The van der Waals surface area contributed by atoms with Crippen LogP contribution in [0.2, 0.25) is 0 Å². The zero-order valence-corrected chi connectivity index (χ0v) is 12.3. The summed E-state index contributed by atoms with van der Waals surface area (Å²) in [6.45, 7) is 4.88. The van der Waals surface area contributed by atoms with Crippen LogP contribution in [-0.4, -0.2) is 36.7 Å². The molecule has 0 aliphatic heterocycles. The second-order valence-corrected chi connectivity index (χ2v) is 4.61. The first-order valence-corrected chi connectivity index (χ1v) is 6.54. The molecule has 1 unspecified atom stereocenters. The van der Waals surface area contributed by atoms with Crippen LogP contribution >= 0.6 is 0 Å². The lowest BCUT2D eigenvalue weighted by Gasteiger charge is -2.31. The fourth-order valence-electron chi connectivity index (χ4n) is 2.31. The molecule has 110 valence electrons. The summed E-state index contributed by atoms with van der Waals surface area (Å²) in [6.07, 6.45) is 0.409. The highest BCUT2D eigenvalue weighted by atomic mass is 16.5. The van der Waals surface area contributed by atoms with Crippen molar-refractivity contribution in [3.8, 4) is 0 Å². The van der Waals surface area contributed by atoms with Gasteiger partial charge in [-0.15, -0.1) is 0 Å². The average Bonchev–Trinajstić information content (AvgIpc) is 2.44. The predicted octanol–water partition coefficient (Wildman–Crippen LogP) is 1.58. The summed E-state index contributed by atoms with van der Waals surface area (Å²) >= 11 is 0. The van der Waals surface area contributed by atoms with Crippen LogP contribution in [0.25, 0.3) is 0 Å². The van der Waals surface area contributed by atoms with Crippen molar-refractivity contribution in [1.82, 2.24) is 0 Å². The van der Waals surface area contributed by atoms with E-state index in [9.17, 15) is 14.7 Å². The lowest BCUT2D eigenvalue weighted by molar-refractivity contribution is -0.143. The van der Waals surface area contributed by atoms with Crippen molar-refractivity contribution in [3.63, 3.8) is 0 Å². The molecule has 5 heteroatoms. The molecule has 0 bridgehead atoms. The van der Waals surface area contributed by atoms with E-state index in [0.717, 1.165) is 11.1 Å². The molecule has 0 spiro atoms. The van der Waals surface area contributed by atoms with E-state index in [4.69, 9.17) is 4.74 Å². The number of aliphatic hydroxyl groups is 1. The number of carbonyl (C=O) groups excluding carboxylic acids is 2. The Morgan fingerprint density at radius 1 is 1.30 bits per heavy atom. The van der Waals surface area contributed by atoms with Gasteiger partial charge in [0.15, 0.2) is 0 Å². The summed E-state index contributed by atoms with van der Waals surface area (Å²) in [5.74, 6) is -1.00. The number of anilines is 1. The highest BCUT2D eigenvalue weighted by Gasteiger charge is 2.31. The summed E-state index contributed by atoms with van der Waals surface area (Å²) < 4.78 is 4.77. The van der Waals surface area contributed by atoms with E-state index in [1.807, 2.05) is 32.0 Å². The van der Waals surface area contributed by atoms with Gasteiger partial charge < -0.3 is 9.84 Å². The zero-order valence-electron chi connectivity index (χ0n) is 12.3.